The van der Waals surface area contributed by atoms with Gasteiger partial charge in [-0.15, -0.1) is 0 Å². The van der Waals surface area contributed by atoms with Crippen molar-refractivity contribution in [3.63, 3.8) is 0 Å². The highest BCUT2D eigenvalue weighted by Gasteiger charge is 2.14. The van der Waals surface area contributed by atoms with E-state index in [1.54, 1.807) is 11.9 Å². The van der Waals surface area contributed by atoms with Crippen LogP contribution in [0.2, 0.25) is 0 Å². The Labute approximate surface area is 182 Å². The van der Waals surface area contributed by atoms with Gasteiger partial charge in [-0.05, 0) is 36.1 Å². The van der Waals surface area contributed by atoms with E-state index in [0.29, 0.717) is 30.6 Å². The van der Waals surface area contributed by atoms with Crippen LogP contribution < -0.4 is 15.8 Å². The molecule has 7 nitrogen and oxygen atoms in total. The van der Waals surface area contributed by atoms with Crippen LogP contribution in [0.1, 0.15) is 24.5 Å². The molecule has 3 rings (SSSR count). The van der Waals surface area contributed by atoms with E-state index in [0.717, 1.165) is 23.2 Å². The normalized spacial score (nSPS) is 10.7. The minimum Gasteiger partial charge on any atom is -0.392 e. The van der Waals surface area contributed by atoms with Gasteiger partial charge in [-0.25, -0.2) is 9.48 Å². The van der Waals surface area contributed by atoms with Crippen molar-refractivity contribution in [2.24, 2.45) is 7.05 Å². The number of nitrogens with one attached hydrogen (secondary N) is 1. The highest BCUT2D eigenvalue weighted by Crippen LogP contribution is 2.20. The summed E-state index contributed by atoms with van der Waals surface area (Å²) in [6.45, 7) is 2.95. The molecule has 31 heavy (non-hydrogen) atoms. The molecule has 0 saturated carbocycles. The van der Waals surface area contributed by atoms with Crippen molar-refractivity contribution in [1.29, 1.82) is 0 Å². The molecular weight excluding hydrogens is 392 g/mol. The van der Waals surface area contributed by atoms with Crippen LogP contribution in [0.5, 0.6) is 0 Å². The third kappa shape index (κ3) is 5.38. The fourth-order valence-electron chi connectivity index (χ4n) is 3.43. The molecule has 0 fully saturated rings. The summed E-state index contributed by atoms with van der Waals surface area (Å²) in [5, 5.41) is 16.5. The van der Waals surface area contributed by atoms with E-state index >= 15 is 0 Å². The summed E-state index contributed by atoms with van der Waals surface area (Å²) in [4.78, 5) is 26.9. The van der Waals surface area contributed by atoms with Gasteiger partial charge in [-0.3, -0.25) is 9.69 Å². The number of aromatic nitrogens is 2. The van der Waals surface area contributed by atoms with Crippen molar-refractivity contribution in [3.05, 3.63) is 82.3 Å². The first kappa shape index (κ1) is 22.2. The second-order valence-corrected chi connectivity index (χ2v) is 7.30. The minimum absolute atomic E-state index is 0.113. The van der Waals surface area contributed by atoms with Crippen LogP contribution in [-0.2, 0) is 20.1 Å². The standard InChI is InChI=1S/C24H28N4O3/c1-3-15-28(21-7-5-4-6-8-21)24(31)25-14-13-18-9-11-19(12-10-18)22-20(17-29)16-26-27(2)23(22)30/h4-12,16,29H,3,13-15,17H2,1-2H3,(H,25,31). The fraction of sp³-hybridized carbons (Fsp3) is 0.292. The maximum atomic E-state index is 12.7. The first-order valence-corrected chi connectivity index (χ1v) is 10.4. The molecule has 0 saturated heterocycles. The summed E-state index contributed by atoms with van der Waals surface area (Å²) >= 11 is 0. The van der Waals surface area contributed by atoms with Gasteiger partial charge < -0.3 is 10.4 Å². The lowest BCUT2D eigenvalue weighted by atomic mass is 10.0. The zero-order valence-corrected chi connectivity index (χ0v) is 17.9. The zero-order valence-electron chi connectivity index (χ0n) is 17.9. The SMILES string of the molecule is CCCN(C(=O)NCCc1ccc(-c2c(CO)cnn(C)c2=O)cc1)c1ccccc1. The molecule has 0 bridgehead atoms. The number of aliphatic hydroxyl groups is 1. The molecule has 1 heterocycles. The minimum atomic E-state index is -0.248. The molecule has 2 aromatic carbocycles. The van der Waals surface area contributed by atoms with Gasteiger partial charge in [0.25, 0.3) is 5.56 Å². The van der Waals surface area contributed by atoms with Crippen molar-refractivity contribution in [1.82, 2.24) is 15.1 Å². The van der Waals surface area contributed by atoms with E-state index in [1.165, 1.54) is 10.9 Å². The van der Waals surface area contributed by atoms with Crippen LogP contribution in [0.3, 0.4) is 0 Å². The molecule has 3 aromatic rings. The molecule has 7 heteroatoms. The topological polar surface area (TPSA) is 87.5 Å². The molecule has 0 atom stereocenters. The molecule has 0 unspecified atom stereocenters. The number of benzene rings is 2. The predicted octanol–water partition coefficient (Wildman–Crippen LogP) is 3.11. The first-order chi connectivity index (χ1) is 15.0. The van der Waals surface area contributed by atoms with Crippen LogP contribution >= 0.6 is 0 Å². The largest absolute Gasteiger partial charge is 0.392 e. The smallest absolute Gasteiger partial charge is 0.321 e. The van der Waals surface area contributed by atoms with Crippen molar-refractivity contribution in [3.8, 4) is 11.1 Å². The van der Waals surface area contributed by atoms with Crippen molar-refractivity contribution in [2.45, 2.75) is 26.4 Å². The number of carbonyl (C=O) groups is 1. The Morgan fingerprint density at radius 3 is 2.48 bits per heavy atom. The van der Waals surface area contributed by atoms with Crippen molar-refractivity contribution >= 4 is 11.7 Å². The summed E-state index contributed by atoms with van der Waals surface area (Å²) in [5.41, 5.74) is 3.37. The maximum Gasteiger partial charge on any atom is 0.321 e. The van der Waals surface area contributed by atoms with Gasteiger partial charge in [0, 0.05) is 31.4 Å². The summed E-state index contributed by atoms with van der Waals surface area (Å²) in [5.74, 6) is 0. The van der Waals surface area contributed by atoms with Gasteiger partial charge in [-0.1, -0.05) is 49.4 Å². The average molecular weight is 421 g/mol. The number of nitrogens with zero attached hydrogens (tertiary/aromatic N) is 3. The Hall–Kier alpha value is -3.45. The molecule has 2 amide bonds. The molecule has 162 valence electrons. The van der Waals surface area contributed by atoms with Gasteiger partial charge in [0.15, 0.2) is 0 Å². The maximum absolute atomic E-state index is 12.7. The van der Waals surface area contributed by atoms with Crippen LogP contribution in [-0.4, -0.2) is 34.0 Å². The Morgan fingerprint density at radius 2 is 1.84 bits per heavy atom. The molecular formula is C24H28N4O3. The van der Waals surface area contributed by atoms with Crippen LogP contribution in [0, 0.1) is 0 Å². The predicted molar refractivity (Wildman–Crippen MR) is 122 cm³/mol. The number of anilines is 1. The van der Waals surface area contributed by atoms with Gasteiger partial charge in [0.05, 0.1) is 18.4 Å². The van der Waals surface area contributed by atoms with Gasteiger partial charge in [0.1, 0.15) is 0 Å². The molecule has 0 aliphatic carbocycles. The number of amides is 2. The lowest BCUT2D eigenvalue weighted by Crippen LogP contribution is -2.41. The Morgan fingerprint density at radius 1 is 1.13 bits per heavy atom. The van der Waals surface area contributed by atoms with Gasteiger partial charge in [0.2, 0.25) is 0 Å². The third-order valence-corrected chi connectivity index (χ3v) is 5.08. The summed E-state index contributed by atoms with van der Waals surface area (Å²) < 4.78 is 1.26. The lowest BCUT2D eigenvalue weighted by Gasteiger charge is -2.22. The van der Waals surface area contributed by atoms with Crippen molar-refractivity contribution in [2.75, 3.05) is 18.0 Å². The monoisotopic (exact) mass is 420 g/mol. The second kappa shape index (κ2) is 10.5. The highest BCUT2D eigenvalue weighted by atomic mass is 16.3. The first-order valence-electron chi connectivity index (χ1n) is 10.4. The number of hydrogen-bond acceptors (Lipinski definition) is 4. The van der Waals surface area contributed by atoms with Crippen LogP contribution in [0.4, 0.5) is 10.5 Å². The third-order valence-electron chi connectivity index (χ3n) is 5.08. The number of hydrogen-bond donors (Lipinski definition) is 2. The van der Waals surface area contributed by atoms with Gasteiger partial charge >= 0.3 is 6.03 Å². The zero-order chi connectivity index (χ0) is 22.2. The highest BCUT2D eigenvalue weighted by molar-refractivity contribution is 5.91. The van der Waals surface area contributed by atoms with E-state index < -0.39 is 0 Å². The van der Waals surface area contributed by atoms with Crippen molar-refractivity contribution < 1.29 is 9.90 Å². The molecule has 0 radical (unpaired) electrons. The number of aryl methyl sites for hydroxylation is 1. The molecule has 0 aliphatic rings. The lowest BCUT2D eigenvalue weighted by molar-refractivity contribution is 0.246. The summed E-state index contributed by atoms with van der Waals surface area (Å²) in [7, 11) is 1.58. The van der Waals surface area contributed by atoms with Gasteiger partial charge in [-0.2, -0.15) is 5.10 Å². The number of carbonyl (C=O) groups excluding carboxylic acids is 1. The van der Waals surface area contributed by atoms with Crippen LogP contribution in [0.25, 0.3) is 11.1 Å². The number of rotatable bonds is 8. The van der Waals surface area contributed by atoms with E-state index in [-0.39, 0.29) is 18.2 Å². The van der Waals surface area contributed by atoms with E-state index in [4.69, 9.17) is 0 Å². The Kier molecular flexibility index (Phi) is 7.56. The van der Waals surface area contributed by atoms with Crippen LogP contribution in [0.15, 0.2) is 65.6 Å². The summed E-state index contributed by atoms with van der Waals surface area (Å²) in [6, 6.07) is 17.1. The van der Waals surface area contributed by atoms with E-state index in [9.17, 15) is 14.7 Å². The number of urea groups is 1. The quantitative estimate of drug-likeness (QED) is 0.586. The molecule has 0 spiro atoms. The number of para-hydroxylation sites is 1. The molecule has 0 aliphatic heterocycles. The Balaban J connectivity index is 1.64. The van der Waals surface area contributed by atoms with E-state index in [1.807, 2.05) is 61.5 Å². The number of aliphatic hydroxyl groups excluding tert-OH is 1. The second-order valence-electron chi connectivity index (χ2n) is 7.30. The fourth-order valence-corrected chi connectivity index (χ4v) is 3.43. The van der Waals surface area contributed by atoms with E-state index in [2.05, 4.69) is 10.4 Å². The summed E-state index contributed by atoms with van der Waals surface area (Å²) in [6.07, 6.45) is 3.05. The molecule has 1 aromatic heterocycles. The molecule has 2 N–H and O–H groups in total. The Bertz CT molecular complexity index is 1060. The average Bonchev–Trinajstić information content (AvgIpc) is 2.80.